The second kappa shape index (κ2) is 4.31. The third-order valence-corrected chi connectivity index (χ3v) is 2.60. The van der Waals surface area contributed by atoms with Crippen LogP contribution in [0.25, 0.3) is 0 Å². The third-order valence-electron chi connectivity index (χ3n) is 2.60. The minimum absolute atomic E-state index is 0.913. The molecule has 0 saturated carbocycles. The van der Waals surface area contributed by atoms with E-state index >= 15 is 0 Å². The predicted molar refractivity (Wildman–Crippen MR) is 59.6 cm³/mol. The number of hydrogen-bond donors (Lipinski definition) is 1. The molecule has 0 spiro atoms. The van der Waals surface area contributed by atoms with Crippen molar-refractivity contribution < 1.29 is 0 Å². The summed E-state index contributed by atoms with van der Waals surface area (Å²) in [6.07, 6.45) is 5.70. The summed E-state index contributed by atoms with van der Waals surface area (Å²) >= 11 is 0. The molecule has 14 heavy (non-hydrogen) atoms. The van der Waals surface area contributed by atoms with Crippen LogP contribution in [0.5, 0.6) is 0 Å². The van der Waals surface area contributed by atoms with Gasteiger partial charge in [0.1, 0.15) is 0 Å². The van der Waals surface area contributed by atoms with E-state index in [1.54, 1.807) is 0 Å². The molecular formula is C11H17N3. The van der Waals surface area contributed by atoms with Crippen LogP contribution in [0.4, 0.5) is 11.5 Å². The number of fused-ring (bicyclic) bond motifs is 1. The van der Waals surface area contributed by atoms with E-state index < -0.39 is 0 Å². The molecule has 1 aromatic heterocycles. The second-order valence-electron chi connectivity index (χ2n) is 3.68. The zero-order valence-corrected chi connectivity index (χ0v) is 8.66. The fourth-order valence-electron chi connectivity index (χ4n) is 1.80. The second-order valence-corrected chi connectivity index (χ2v) is 3.68. The van der Waals surface area contributed by atoms with Gasteiger partial charge in [0, 0.05) is 12.7 Å². The summed E-state index contributed by atoms with van der Waals surface area (Å²) in [6, 6.07) is 4.13. The highest BCUT2D eigenvalue weighted by atomic mass is 15.3. The summed E-state index contributed by atoms with van der Waals surface area (Å²) in [5.41, 5.74) is 1.25. The molecule has 0 aliphatic carbocycles. The zero-order chi connectivity index (χ0) is 9.80. The van der Waals surface area contributed by atoms with Gasteiger partial charge in [0.25, 0.3) is 0 Å². The van der Waals surface area contributed by atoms with E-state index in [4.69, 9.17) is 0 Å². The van der Waals surface area contributed by atoms with Crippen molar-refractivity contribution in [2.75, 3.05) is 23.4 Å². The molecule has 0 saturated heterocycles. The molecule has 3 heteroatoms. The van der Waals surface area contributed by atoms with Crippen molar-refractivity contribution in [3.63, 3.8) is 0 Å². The summed E-state index contributed by atoms with van der Waals surface area (Å²) in [5.74, 6) is 1.03. The maximum Gasteiger partial charge on any atom is 0.150 e. The summed E-state index contributed by atoms with van der Waals surface area (Å²) in [6.45, 7) is 4.29. The van der Waals surface area contributed by atoms with E-state index in [1.807, 2.05) is 12.3 Å². The lowest BCUT2D eigenvalue weighted by Gasteiger charge is -2.16. The van der Waals surface area contributed by atoms with Crippen LogP contribution in [0.2, 0.25) is 0 Å². The molecule has 0 aromatic carbocycles. The van der Waals surface area contributed by atoms with Crippen molar-refractivity contribution in [2.45, 2.75) is 26.2 Å². The maximum absolute atomic E-state index is 4.28. The average Bonchev–Trinajstić information content (AvgIpc) is 2.63. The molecule has 76 valence electrons. The van der Waals surface area contributed by atoms with Gasteiger partial charge in [0.15, 0.2) is 5.82 Å². The topological polar surface area (TPSA) is 28.2 Å². The molecule has 0 amide bonds. The van der Waals surface area contributed by atoms with E-state index in [0.717, 1.165) is 19.0 Å². The third kappa shape index (κ3) is 1.81. The molecule has 1 aliphatic heterocycles. The normalized spacial score (nSPS) is 13.9. The SMILES string of the molecule is CCCCCN1CNc2ncccc21. The Balaban J connectivity index is 1.96. The number of nitrogens with one attached hydrogen (secondary N) is 1. The average molecular weight is 191 g/mol. The Morgan fingerprint density at radius 3 is 3.29 bits per heavy atom. The standard InChI is InChI=1S/C11H17N3/c1-2-3-4-8-14-9-13-11-10(14)6-5-7-12-11/h5-7H,2-4,8-9H2,1H3,(H,12,13). The molecule has 0 atom stereocenters. The minimum Gasteiger partial charge on any atom is -0.351 e. The summed E-state index contributed by atoms with van der Waals surface area (Å²) < 4.78 is 0. The molecule has 2 heterocycles. The van der Waals surface area contributed by atoms with Gasteiger partial charge in [0.05, 0.1) is 12.4 Å². The number of nitrogens with zero attached hydrogens (tertiary/aromatic N) is 2. The highest BCUT2D eigenvalue weighted by Gasteiger charge is 2.17. The van der Waals surface area contributed by atoms with Gasteiger partial charge in [-0.05, 0) is 18.6 Å². The minimum atomic E-state index is 0.913. The Kier molecular flexibility index (Phi) is 2.87. The summed E-state index contributed by atoms with van der Waals surface area (Å²) in [7, 11) is 0. The molecule has 1 aliphatic rings. The summed E-state index contributed by atoms with van der Waals surface area (Å²) in [5, 5.41) is 3.29. The zero-order valence-electron chi connectivity index (χ0n) is 8.66. The van der Waals surface area contributed by atoms with Gasteiger partial charge in [-0.3, -0.25) is 0 Å². The van der Waals surface area contributed by atoms with Crippen LogP contribution >= 0.6 is 0 Å². The maximum atomic E-state index is 4.28. The van der Waals surface area contributed by atoms with Crippen molar-refractivity contribution in [1.29, 1.82) is 0 Å². The quantitative estimate of drug-likeness (QED) is 0.741. The molecule has 3 nitrogen and oxygen atoms in total. The smallest absolute Gasteiger partial charge is 0.150 e. The van der Waals surface area contributed by atoms with Crippen molar-refractivity contribution in [3.8, 4) is 0 Å². The van der Waals surface area contributed by atoms with Crippen LogP contribution in [-0.2, 0) is 0 Å². The highest BCUT2D eigenvalue weighted by molar-refractivity contribution is 5.70. The Bertz CT molecular complexity index is 298. The highest BCUT2D eigenvalue weighted by Crippen LogP contribution is 2.28. The van der Waals surface area contributed by atoms with Gasteiger partial charge < -0.3 is 10.2 Å². The van der Waals surface area contributed by atoms with E-state index in [2.05, 4.69) is 28.2 Å². The Labute approximate surface area is 85.1 Å². The lowest BCUT2D eigenvalue weighted by molar-refractivity contribution is 0.695. The number of aromatic nitrogens is 1. The molecule has 0 radical (unpaired) electrons. The van der Waals surface area contributed by atoms with Gasteiger partial charge in [-0.2, -0.15) is 0 Å². The van der Waals surface area contributed by atoms with E-state index in [1.165, 1.54) is 24.9 Å². The van der Waals surface area contributed by atoms with Gasteiger partial charge in [-0.15, -0.1) is 0 Å². The van der Waals surface area contributed by atoms with Gasteiger partial charge in [-0.25, -0.2) is 4.98 Å². The van der Waals surface area contributed by atoms with Gasteiger partial charge in [0.2, 0.25) is 0 Å². The van der Waals surface area contributed by atoms with Crippen molar-refractivity contribution in [2.24, 2.45) is 0 Å². The first-order chi connectivity index (χ1) is 6.92. The number of pyridine rings is 1. The number of anilines is 2. The van der Waals surface area contributed by atoms with Crippen LogP contribution in [0.15, 0.2) is 18.3 Å². The molecule has 2 rings (SSSR count). The van der Waals surface area contributed by atoms with Crippen molar-refractivity contribution >= 4 is 11.5 Å². The first-order valence-corrected chi connectivity index (χ1v) is 5.35. The molecule has 1 N–H and O–H groups in total. The Hall–Kier alpha value is -1.25. The fraction of sp³-hybridized carbons (Fsp3) is 0.545. The van der Waals surface area contributed by atoms with E-state index in [0.29, 0.717) is 0 Å². The van der Waals surface area contributed by atoms with Crippen LogP contribution in [0.1, 0.15) is 26.2 Å². The first kappa shape index (κ1) is 9.31. The Morgan fingerprint density at radius 1 is 1.50 bits per heavy atom. The summed E-state index contributed by atoms with van der Waals surface area (Å²) in [4.78, 5) is 6.64. The van der Waals surface area contributed by atoms with Crippen LogP contribution in [-0.4, -0.2) is 18.2 Å². The monoisotopic (exact) mass is 191 g/mol. The lowest BCUT2D eigenvalue weighted by atomic mass is 10.2. The van der Waals surface area contributed by atoms with E-state index in [9.17, 15) is 0 Å². The van der Waals surface area contributed by atoms with Crippen LogP contribution < -0.4 is 10.2 Å². The first-order valence-electron chi connectivity index (χ1n) is 5.35. The fourth-order valence-corrected chi connectivity index (χ4v) is 1.80. The predicted octanol–water partition coefficient (Wildman–Crippen LogP) is 2.46. The molecule has 0 unspecified atom stereocenters. The van der Waals surface area contributed by atoms with Gasteiger partial charge >= 0.3 is 0 Å². The number of unbranched alkanes of at least 4 members (excludes halogenated alkanes) is 2. The Morgan fingerprint density at radius 2 is 2.43 bits per heavy atom. The number of hydrogen-bond acceptors (Lipinski definition) is 3. The molecule has 0 fully saturated rings. The van der Waals surface area contributed by atoms with Crippen LogP contribution in [0, 0.1) is 0 Å². The van der Waals surface area contributed by atoms with Crippen molar-refractivity contribution in [3.05, 3.63) is 18.3 Å². The largest absolute Gasteiger partial charge is 0.351 e. The molecule has 1 aromatic rings. The number of rotatable bonds is 4. The lowest BCUT2D eigenvalue weighted by Crippen LogP contribution is -2.23. The van der Waals surface area contributed by atoms with Crippen molar-refractivity contribution in [1.82, 2.24) is 4.98 Å². The molecule has 0 bridgehead atoms. The molecular weight excluding hydrogens is 174 g/mol. The van der Waals surface area contributed by atoms with Crippen LogP contribution in [0.3, 0.4) is 0 Å². The van der Waals surface area contributed by atoms with E-state index in [-0.39, 0.29) is 0 Å². The van der Waals surface area contributed by atoms with Gasteiger partial charge in [-0.1, -0.05) is 19.8 Å².